The van der Waals surface area contributed by atoms with Crippen molar-refractivity contribution in [1.29, 1.82) is 0 Å². The summed E-state index contributed by atoms with van der Waals surface area (Å²) in [5, 5.41) is 7.59. The lowest BCUT2D eigenvalue weighted by atomic mass is 10.0. The number of hydrogen-bond acceptors (Lipinski definition) is 2. The summed E-state index contributed by atoms with van der Waals surface area (Å²) in [4.78, 5) is 24.3. The number of carbonyl (C=O) groups is 2. The largest absolute Gasteiger partial charge is 0.338 e. The van der Waals surface area contributed by atoms with Crippen LogP contribution in [0.4, 0.5) is 4.79 Å². The van der Waals surface area contributed by atoms with Crippen molar-refractivity contribution in [1.82, 2.24) is 10.6 Å². The molecule has 0 spiro atoms. The second-order valence-electron chi connectivity index (χ2n) is 5.77. The van der Waals surface area contributed by atoms with Gasteiger partial charge in [0.2, 0.25) is 0 Å². The van der Waals surface area contributed by atoms with Crippen LogP contribution in [0.25, 0.3) is 0 Å². The van der Waals surface area contributed by atoms with Crippen molar-refractivity contribution >= 4 is 23.5 Å². The average molecular weight is 361 g/mol. The van der Waals surface area contributed by atoms with Crippen LogP contribution in [0.15, 0.2) is 54.6 Å². The number of nitrogens with one attached hydrogen (secondary N) is 2. The van der Waals surface area contributed by atoms with E-state index in [0.29, 0.717) is 11.6 Å². The van der Waals surface area contributed by atoms with Gasteiger partial charge in [0.1, 0.15) is 6.04 Å². The topological polar surface area (TPSA) is 74.8 Å². The molecule has 0 fully saturated rings. The molecule has 0 saturated carbocycles. The van der Waals surface area contributed by atoms with Crippen LogP contribution in [0, 0.1) is 0 Å². The quantitative estimate of drug-likeness (QED) is 0.740. The molecule has 3 amide bonds. The highest BCUT2D eigenvalue weighted by Crippen LogP contribution is 2.16. The number of amides is 3. The smallest absolute Gasteiger partial charge is 0.321 e. The van der Waals surface area contributed by atoms with E-state index in [1.54, 1.807) is 6.92 Å². The molecule has 2 aromatic rings. The first-order chi connectivity index (χ1) is 12.0. The third-order valence-electron chi connectivity index (χ3n) is 3.89. The summed E-state index contributed by atoms with van der Waals surface area (Å²) in [6.07, 6.45) is 0. The fourth-order valence-corrected chi connectivity index (χ4v) is 2.70. The molecule has 0 unspecified atom stereocenters. The number of nitrogens with two attached hydrogens (primary N) is 1. The van der Waals surface area contributed by atoms with E-state index in [9.17, 15) is 9.59 Å². The van der Waals surface area contributed by atoms with Crippen molar-refractivity contribution in [3.8, 4) is 0 Å². The SMILES string of the molecule is CCNC(=O)NC(=O)[C@H]([NH2+][C@@H](C)c1ccc(Cl)cc1)c1ccccc1. The van der Waals surface area contributed by atoms with Crippen molar-refractivity contribution in [2.45, 2.75) is 25.9 Å². The van der Waals surface area contributed by atoms with Crippen LogP contribution in [0.3, 0.4) is 0 Å². The Kier molecular flexibility index (Phi) is 6.98. The Morgan fingerprint density at radius 1 is 1.04 bits per heavy atom. The van der Waals surface area contributed by atoms with Crippen molar-refractivity contribution in [3.05, 3.63) is 70.7 Å². The van der Waals surface area contributed by atoms with Crippen LogP contribution in [0.5, 0.6) is 0 Å². The lowest BCUT2D eigenvalue weighted by molar-refractivity contribution is -0.719. The van der Waals surface area contributed by atoms with Crippen molar-refractivity contribution in [3.63, 3.8) is 0 Å². The molecule has 0 bridgehead atoms. The summed E-state index contributed by atoms with van der Waals surface area (Å²) in [5.74, 6) is -0.349. The summed E-state index contributed by atoms with van der Waals surface area (Å²) in [7, 11) is 0. The van der Waals surface area contributed by atoms with E-state index >= 15 is 0 Å². The first kappa shape index (κ1) is 19.0. The highest BCUT2D eigenvalue weighted by Gasteiger charge is 2.28. The Morgan fingerprint density at radius 2 is 1.68 bits per heavy atom. The molecular weight excluding hydrogens is 338 g/mol. The molecule has 132 valence electrons. The molecule has 0 aliphatic rings. The Balaban J connectivity index is 2.18. The van der Waals surface area contributed by atoms with E-state index < -0.39 is 12.1 Å². The number of quaternary nitrogens is 1. The average Bonchev–Trinajstić information content (AvgIpc) is 2.61. The fraction of sp³-hybridized carbons (Fsp3) is 0.263. The molecule has 0 saturated heterocycles. The first-order valence-corrected chi connectivity index (χ1v) is 8.63. The molecule has 0 aliphatic heterocycles. The normalized spacial score (nSPS) is 12.9. The Morgan fingerprint density at radius 3 is 2.28 bits per heavy atom. The molecule has 4 N–H and O–H groups in total. The Hall–Kier alpha value is -2.37. The van der Waals surface area contributed by atoms with Crippen LogP contribution in [0.1, 0.15) is 37.1 Å². The van der Waals surface area contributed by atoms with Crippen LogP contribution < -0.4 is 16.0 Å². The standard InChI is InChI=1S/C19H22ClN3O2/c1-3-21-19(25)23-18(24)17(15-7-5-4-6-8-15)22-13(2)14-9-11-16(20)12-10-14/h4-13,17,22H,3H2,1-2H3,(H2,21,23,24,25)/p+1/t13-,17+/m0/s1. The summed E-state index contributed by atoms with van der Waals surface area (Å²) in [6, 6.07) is 15.9. The third kappa shape index (κ3) is 5.59. The van der Waals surface area contributed by atoms with Gasteiger partial charge in [-0.2, -0.15) is 0 Å². The summed E-state index contributed by atoms with van der Waals surface area (Å²) in [5.41, 5.74) is 1.89. The molecule has 0 radical (unpaired) electrons. The molecule has 2 aromatic carbocycles. The van der Waals surface area contributed by atoms with E-state index in [2.05, 4.69) is 10.6 Å². The summed E-state index contributed by atoms with van der Waals surface area (Å²) >= 11 is 5.94. The van der Waals surface area contributed by atoms with Crippen molar-refractivity contribution in [2.24, 2.45) is 0 Å². The van der Waals surface area contributed by atoms with Crippen LogP contribution in [-0.4, -0.2) is 18.5 Å². The molecule has 6 heteroatoms. The van der Waals surface area contributed by atoms with Crippen LogP contribution in [-0.2, 0) is 4.79 Å². The molecule has 0 aliphatic carbocycles. The maximum Gasteiger partial charge on any atom is 0.321 e. The lowest BCUT2D eigenvalue weighted by Gasteiger charge is -2.20. The summed E-state index contributed by atoms with van der Waals surface area (Å²) < 4.78 is 0. The van der Waals surface area contributed by atoms with Gasteiger partial charge in [-0.1, -0.05) is 54.1 Å². The van der Waals surface area contributed by atoms with E-state index in [1.807, 2.05) is 66.8 Å². The summed E-state index contributed by atoms with van der Waals surface area (Å²) in [6.45, 7) is 4.27. The zero-order chi connectivity index (χ0) is 18.2. The van der Waals surface area contributed by atoms with Gasteiger partial charge in [-0.25, -0.2) is 4.79 Å². The second kappa shape index (κ2) is 9.20. The third-order valence-corrected chi connectivity index (χ3v) is 4.14. The van der Waals surface area contributed by atoms with E-state index in [1.165, 1.54) is 0 Å². The van der Waals surface area contributed by atoms with Gasteiger partial charge in [0, 0.05) is 22.7 Å². The van der Waals surface area contributed by atoms with Gasteiger partial charge in [0.25, 0.3) is 5.91 Å². The Bertz CT molecular complexity index is 704. The van der Waals surface area contributed by atoms with Crippen molar-refractivity contribution in [2.75, 3.05) is 6.54 Å². The molecule has 0 aromatic heterocycles. The maximum absolute atomic E-state index is 12.6. The number of halogens is 1. The molecule has 2 rings (SSSR count). The van der Waals surface area contributed by atoms with Crippen LogP contribution in [0.2, 0.25) is 5.02 Å². The second-order valence-corrected chi connectivity index (χ2v) is 6.21. The molecular formula is C19H23ClN3O2+. The predicted molar refractivity (Wildman–Crippen MR) is 98.2 cm³/mol. The van der Waals surface area contributed by atoms with Gasteiger partial charge in [-0.3, -0.25) is 10.1 Å². The highest BCUT2D eigenvalue weighted by molar-refractivity contribution is 6.30. The zero-order valence-electron chi connectivity index (χ0n) is 14.3. The predicted octanol–water partition coefficient (Wildman–Crippen LogP) is 2.55. The number of benzene rings is 2. The van der Waals surface area contributed by atoms with Crippen molar-refractivity contribution < 1.29 is 14.9 Å². The van der Waals surface area contributed by atoms with E-state index in [4.69, 9.17) is 11.6 Å². The molecule has 5 nitrogen and oxygen atoms in total. The molecule has 2 atom stereocenters. The first-order valence-electron chi connectivity index (χ1n) is 8.25. The fourth-order valence-electron chi connectivity index (χ4n) is 2.57. The number of rotatable bonds is 6. The minimum absolute atomic E-state index is 0.0162. The number of imide groups is 1. The number of urea groups is 1. The van der Waals surface area contributed by atoms with E-state index in [0.717, 1.165) is 11.1 Å². The molecule has 25 heavy (non-hydrogen) atoms. The highest BCUT2D eigenvalue weighted by atomic mass is 35.5. The number of hydrogen-bond donors (Lipinski definition) is 3. The maximum atomic E-state index is 12.6. The van der Waals surface area contributed by atoms with E-state index in [-0.39, 0.29) is 11.9 Å². The van der Waals surface area contributed by atoms with Gasteiger partial charge < -0.3 is 10.6 Å². The van der Waals surface area contributed by atoms with Gasteiger partial charge >= 0.3 is 6.03 Å². The van der Waals surface area contributed by atoms with Crippen LogP contribution >= 0.6 is 11.6 Å². The minimum Gasteiger partial charge on any atom is -0.338 e. The number of carbonyl (C=O) groups excluding carboxylic acids is 2. The zero-order valence-corrected chi connectivity index (χ0v) is 15.1. The minimum atomic E-state index is -0.533. The Labute approximate surface area is 152 Å². The van der Waals surface area contributed by atoms with Gasteiger partial charge in [0.05, 0.1) is 0 Å². The monoisotopic (exact) mass is 360 g/mol. The van der Waals surface area contributed by atoms with Gasteiger partial charge in [0.15, 0.2) is 6.04 Å². The lowest BCUT2D eigenvalue weighted by Crippen LogP contribution is -2.88. The van der Waals surface area contributed by atoms with Gasteiger partial charge in [-0.15, -0.1) is 0 Å². The molecule has 0 heterocycles. The van der Waals surface area contributed by atoms with Gasteiger partial charge in [-0.05, 0) is 26.0 Å².